The number of nitrogens with one attached hydrogen (secondary N) is 2. The minimum atomic E-state index is -0.823. The van der Waals surface area contributed by atoms with E-state index in [4.69, 9.17) is 11.6 Å². The number of rotatable bonds is 4. The van der Waals surface area contributed by atoms with Gasteiger partial charge in [0.25, 0.3) is 0 Å². The van der Waals surface area contributed by atoms with Crippen LogP contribution in [0.2, 0.25) is 0 Å². The fraction of sp³-hybridized carbons (Fsp3) is 0.182. The molecule has 0 heterocycles. The van der Waals surface area contributed by atoms with Gasteiger partial charge in [0.15, 0.2) is 0 Å². The van der Waals surface area contributed by atoms with Crippen LogP contribution in [0, 0.1) is 11.6 Å². The van der Waals surface area contributed by atoms with Crippen LogP contribution in [0.3, 0.4) is 0 Å². The zero-order chi connectivity index (χ0) is 12.7. The summed E-state index contributed by atoms with van der Waals surface area (Å²) in [6.45, 7) is 0.279. The largest absolute Gasteiger partial charge is 0.334 e. The molecule has 6 heteroatoms. The van der Waals surface area contributed by atoms with E-state index in [1.807, 2.05) is 0 Å². The summed E-state index contributed by atoms with van der Waals surface area (Å²) in [4.78, 5) is 11.3. The van der Waals surface area contributed by atoms with Crippen molar-refractivity contribution in [1.29, 1.82) is 0 Å². The Morgan fingerprint density at radius 2 is 2.12 bits per heavy atom. The van der Waals surface area contributed by atoms with Crippen LogP contribution < -0.4 is 10.6 Å². The second kappa shape index (κ2) is 6.85. The molecule has 1 rings (SSSR count). The number of carbonyl (C=O) groups excluding carboxylic acids is 1. The van der Waals surface area contributed by atoms with Gasteiger partial charge in [-0.15, -0.1) is 11.6 Å². The fourth-order valence-electron chi connectivity index (χ4n) is 1.06. The number of benzene rings is 1. The third-order valence-corrected chi connectivity index (χ3v) is 1.99. The summed E-state index contributed by atoms with van der Waals surface area (Å²) < 4.78 is 25.7. The number of hydrogen-bond donors (Lipinski definition) is 2. The molecule has 0 radical (unpaired) electrons. The summed E-state index contributed by atoms with van der Waals surface area (Å²) in [7, 11) is 0. The van der Waals surface area contributed by atoms with Crippen LogP contribution in [0.15, 0.2) is 30.4 Å². The zero-order valence-corrected chi connectivity index (χ0v) is 9.60. The van der Waals surface area contributed by atoms with Crippen molar-refractivity contribution in [3.8, 4) is 0 Å². The number of alkyl halides is 1. The van der Waals surface area contributed by atoms with Crippen LogP contribution in [0.5, 0.6) is 0 Å². The number of halogens is 3. The minimum Gasteiger partial charge on any atom is -0.334 e. The first-order valence-electron chi connectivity index (χ1n) is 4.84. The zero-order valence-electron chi connectivity index (χ0n) is 8.84. The first kappa shape index (κ1) is 13.4. The predicted octanol–water partition coefficient (Wildman–Crippen LogP) is 2.88. The molecule has 17 heavy (non-hydrogen) atoms. The molecule has 2 amide bonds. The summed E-state index contributed by atoms with van der Waals surface area (Å²) in [6.07, 6.45) is 3.33. The number of carbonyl (C=O) groups is 1. The molecule has 0 atom stereocenters. The van der Waals surface area contributed by atoms with E-state index >= 15 is 0 Å². The molecular formula is C11H11ClF2N2O. The van der Waals surface area contributed by atoms with Gasteiger partial charge < -0.3 is 10.6 Å². The molecule has 0 aliphatic carbocycles. The van der Waals surface area contributed by atoms with Crippen molar-refractivity contribution >= 4 is 23.3 Å². The molecule has 0 bridgehead atoms. The first-order valence-corrected chi connectivity index (χ1v) is 5.38. The smallest absolute Gasteiger partial charge is 0.319 e. The normalized spacial score (nSPS) is 10.5. The van der Waals surface area contributed by atoms with Crippen molar-refractivity contribution in [1.82, 2.24) is 5.32 Å². The third-order valence-electron chi connectivity index (χ3n) is 1.82. The van der Waals surface area contributed by atoms with Crippen molar-refractivity contribution in [3.63, 3.8) is 0 Å². The summed E-state index contributed by atoms with van der Waals surface area (Å²) in [5, 5.41) is 4.71. The highest BCUT2D eigenvalue weighted by molar-refractivity contribution is 6.18. The Labute approximate surface area is 102 Å². The Hall–Kier alpha value is -1.62. The molecule has 3 nitrogen and oxygen atoms in total. The van der Waals surface area contributed by atoms with Gasteiger partial charge in [0.2, 0.25) is 0 Å². The molecule has 1 aromatic rings. The van der Waals surface area contributed by atoms with E-state index in [1.54, 1.807) is 12.2 Å². The lowest BCUT2D eigenvalue weighted by molar-refractivity contribution is 0.253. The fourth-order valence-corrected chi connectivity index (χ4v) is 1.18. The Morgan fingerprint density at radius 3 is 2.76 bits per heavy atom. The maximum atomic E-state index is 13.1. The Kier molecular flexibility index (Phi) is 5.42. The van der Waals surface area contributed by atoms with Crippen molar-refractivity contribution in [2.45, 2.75) is 0 Å². The van der Waals surface area contributed by atoms with Gasteiger partial charge in [-0.3, -0.25) is 0 Å². The highest BCUT2D eigenvalue weighted by Crippen LogP contribution is 2.14. The average Bonchev–Trinajstić information content (AvgIpc) is 2.28. The molecule has 0 aliphatic heterocycles. The van der Waals surface area contributed by atoms with Crippen LogP contribution >= 0.6 is 11.6 Å². The van der Waals surface area contributed by atoms with Gasteiger partial charge >= 0.3 is 6.03 Å². The molecule has 0 saturated carbocycles. The van der Waals surface area contributed by atoms with E-state index in [-0.39, 0.29) is 12.2 Å². The van der Waals surface area contributed by atoms with Gasteiger partial charge in [0.1, 0.15) is 11.6 Å². The number of hydrogen-bond acceptors (Lipinski definition) is 1. The Bertz CT molecular complexity index is 424. The van der Waals surface area contributed by atoms with Crippen LogP contribution in [0.4, 0.5) is 19.3 Å². The van der Waals surface area contributed by atoms with Crippen molar-refractivity contribution in [3.05, 3.63) is 42.0 Å². The molecule has 0 aromatic heterocycles. The quantitative estimate of drug-likeness (QED) is 0.634. The van der Waals surface area contributed by atoms with E-state index in [9.17, 15) is 13.6 Å². The maximum absolute atomic E-state index is 13.1. The molecule has 92 valence electrons. The third kappa shape index (κ3) is 4.82. The van der Waals surface area contributed by atoms with Crippen LogP contribution in [-0.4, -0.2) is 18.5 Å². The van der Waals surface area contributed by atoms with Crippen molar-refractivity contribution in [2.75, 3.05) is 17.7 Å². The van der Waals surface area contributed by atoms with Crippen molar-refractivity contribution in [2.24, 2.45) is 0 Å². The van der Waals surface area contributed by atoms with Gasteiger partial charge in [0.05, 0.1) is 5.69 Å². The molecule has 2 N–H and O–H groups in total. The van der Waals surface area contributed by atoms with Crippen LogP contribution in [-0.2, 0) is 0 Å². The van der Waals surface area contributed by atoms with E-state index in [1.165, 1.54) is 0 Å². The number of anilines is 1. The molecule has 0 spiro atoms. The molecule has 1 aromatic carbocycles. The van der Waals surface area contributed by atoms with Gasteiger partial charge in [-0.05, 0) is 12.1 Å². The summed E-state index contributed by atoms with van der Waals surface area (Å²) in [6, 6.07) is 2.34. The molecule has 0 aliphatic rings. The highest BCUT2D eigenvalue weighted by Gasteiger charge is 2.06. The molecule has 0 saturated heterocycles. The van der Waals surface area contributed by atoms with Gasteiger partial charge in [0, 0.05) is 18.5 Å². The van der Waals surface area contributed by atoms with Gasteiger partial charge in [-0.2, -0.15) is 0 Å². The summed E-state index contributed by atoms with van der Waals surface area (Å²) in [5.74, 6) is -1.16. The second-order valence-corrected chi connectivity index (χ2v) is 3.39. The lowest BCUT2D eigenvalue weighted by atomic mass is 10.3. The van der Waals surface area contributed by atoms with E-state index < -0.39 is 17.7 Å². The molecular weight excluding hydrogens is 250 g/mol. The van der Waals surface area contributed by atoms with E-state index in [2.05, 4.69) is 10.6 Å². The number of urea groups is 1. The topological polar surface area (TPSA) is 41.1 Å². The first-order chi connectivity index (χ1) is 8.13. The minimum absolute atomic E-state index is 0.0785. The highest BCUT2D eigenvalue weighted by atomic mass is 35.5. The lowest BCUT2D eigenvalue weighted by Gasteiger charge is -2.06. The van der Waals surface area contributed by atoms with E-state index in [0.717, 1.165) is 12.1 Å². The van der Waals surface area contributed by atoms with Gasteiger partial charge in [-0.25, -0.2) is 13.6 Å². The van der Waals surface area contributed by atoms with Crippen molar-refractivity contribution < 1.29 is 13.6 Å². The lowest BCUT2D eigenvalue weighted by Crippen LogP contribution is -2.29. The van der Waals surface area contributed by atoms with Crippen LogP contribution in [0.1, 0.15) is 0 Å². The predicted molar refractivity (Wildman–Crippen MR) is 63.2 cm³/mol. The summed E-state index contributed by atoms with van der Waals surface area (Å²) in [5.41, 5.74) is -0.0785. The number of amides is 2. The second-order valence-electron chi connectivity index (χ2n) is 3.08. The SMILES string of the molecule is O=C(NC/C=C/CCl)Nc1ccc(F)cc1F. The molecule has 0 fully saturated rings. The van der Waals surface area contributed by atoms with Crippen LogP contribution in [0.25, 0.3) is 0 Å². The van der Waals surface area contributed by atoms with Gasteiger partial charge in [-0.1, -0.05) is 12.2 Å². The Morgan fingerprint density at radius 1 is 1.35 bits per heavy atom. The Balaban J connectivity index is 2.48. The summed E-state index contributed by atoms with van der Waals surface area (Å²) >= 11 is 5.38. The average molecular weight is 261 g/mol. The maximum Gasteiger partial charge on any atom is 0.319 e. The number of allylic oxidation sites excluding steroid dienone is 1. The molecule has 0 unspecified atom stereocenters. The van der Waals surface area contributed by atoms with E-state index in [0.29, 0.717) is 11.9 Å². The monoisotopic (exact) mass is 260 g/mol. The standard InChI is InChI=1S/C11H11ClF2N2O/c12-5-1-2-6-15-11(17)16-10-4-3-8(13)7-9(10)14/h1-4,7H,5-6H2,(H2,15,16,17)/b2-1+.